The lowest BCUT2D eigenvalue weighted by molar-refractivity contribution is 0.213. The summed E-state index contributed by atoms with van der Waals surface area (Å²) in [5.74, 6) is 0.728. The number of rotatable bonds is 5. The van der Waals surface area contributed by atoms with Crippen LogP contribution in [-0.4, -0.2) is 16.6 Å². The van der Waals surface area contributed by atoms with Crippen molar-refractivity contribution in [3.63, 3.8) is 0 Å². The van der Waals surface area contributed by atoms with E-state index in [-0.39, 0.29) is 12.7 Å². The van der Waals surface area contributed by atoms with E-state index >= 15 is 0 Å². The molecule has 1 aromatic carbocycles. The molecule has 0 saturated heterocycles. The number of hydrogen-bond acceptors (Lipinski definition) is 4. The Bertz CT molecular complexity index is 471. The molecule has 0 aliphatic carbocycles. The van der Waals surface area contributed by atoms with Crippen molar-refractivity contribution in [3.8, 4) is 5.75 Å². The Morgan fingerprint density at radius 3 is 2.56 bits per heavy atom. The van der Waals surface area contributed by atoms with Crippen molar-refractivity contribution in [1.29, 1.82) is 0 Å². The van der Waals surface area contributed by atoms with Gasteiger partial charge in [-0.3, -0.25) is 4.98 Å². The zero-order valence-electron chi connectivity index (χ0n) is 9.99. The Kier molecular flexibility index (Phi) is 4.28. The number of aromatic nitrogens is 1. The monoisotopic (exact) mass is 244 g/mol. The molecular formula is C14H16N2O2. The molecule has 3 N–H and O–H groups in total. The van der Waals surface area contributed by atoms with Crippen LogP contribution in [0.15, 0.2) is 48.8 Å². The van der Waals surface area contributed by atoms with E-state index in [1.165, 1.54) is 0 Å². The van der Waals surface area contributed by atoms with Crippen molar-refractivity contribution in [2.45, 2.75) is 12.7 Å². The lowest BCUT2D eigenvalue weighted by atomic mass is 10.1. The first kappa shape index (κ1) is 12.5. The summed E-state index contributed by atoms with van der Waals surface area (Å²) in [4.78, 5) is 4.05. The predicted octanol–water partition coefficient (Wildman–Crippen LogP) is 1.65. The molecule has 0 spiro atoms. The molecule has 2 aromatic rings. The largest absolute Gasteiger partial charge is 0.484 e. The number of pyridine rings is 1. The zero-order chi connectivity index (χ0) is 12.8. The SMILES string of the molecule is NCC(Oc1ccc(CO)cc1)c1cccnc1. The average Bonchev–Trinajstić information content (AvgIpc) is 2.46. The van der Waals surface area contributed by atoms with E-state index < -0.39 is 0 Å². The van der Waals surface area contributed by atoms with Crippen LogP contribution in [0.5, 0.6) is 5.75 Å². The van der Waals surface area contributed by atoms with Gasteiger partial charge in [-0.05, 0) is 23.8 Å². The van der Waals surface area contributed by atoms with Crippen LogP contribution in [0.1, 0.15) is 17.2 Å². The summed E-state index contributed by atoms with van der Waals surface area (Å²) in [6.45, 7) is 0.413. The molecule has 0 saturated carbocycles. The number of nitrogens with two attached hydrogens (primary N) is 1. The number of nitrogens with zero attached hydrogens (tertiary/aromatic N) is 1. The molecular weight excluding hydrogens is 228 g/mol. The molecule has 0 amide bonds. The van der Waals surface area contributed by atoms with Crippen LogP contribution in [0.4, 0.5) is 0 Å². The third kappa shape index (κ3) is 3.06. The van der Waals surface area contributed by atoms with Crippen LogP contribution >= 0.6 is 0 Å². The number of hydrogen-bond donors (Lipinski definition) is 2. The Morgan fingerprint density at radius 1 is 1.22 bits per heavy atom. The van der Waals surface area contributed by atoms with Crippen molar-refractivity contribution < 1.29 is 9.84 Å². The molecule has 0 radical (unpaired) electrons. The Balaban J connectivity index is 2.10. The highest BCUT2D eigenvalue weighted by atomic mass is 16.5. The number of aliphatic hydroxyl groups is 1. The molecule has 94 valence electrons. The van der Waals surface area contributed by atoms with Gasteiger partial charge in [0.1, 0.15) is 11.9 Å². The molecule has 2 rings (SSSR count). The predicted molar refractivity (Wildman–Crippen MR) is 69.0 cm³/mol. The first-order valence-corrected chi connectivity index (χ1v) is 5.80. The van der Waals surface area contributed by atoms with Crippen LogP contribution < -0.4 is 10.5 Å². The molecule has 0 aliphatic rings. The van der Waals surface area contributed by atoms with Crippen molar-refractivity contribution in [2.75, 3.05) is 6.54 Å². The molecule has 1 aromatic heterocycles. The van der Waals surface area contributed by atoms with Crippen LogP contribution in [0, 0.1) is 0 Å². The van der Waals surface area contributed by atoms with Gasteiger partial charge in [-0.2, -0.15) is 0 Å². The van der Waals surface area contributed by atoms with Crippen LogP contribution in [0.3, 0.4) is 0 Å². The van der Waals surface area contributed by atoms with E-state index in [1.807, 2.05) is 36.4 Å². The van der Waals surface area contributed by atoms with Crippen LogP contribution in [0.2, 0.25) is 0 Å². The van der Waals surface area contributed by atoms with E-state index in [1.54, 1.807) is 12.4 Å². The zero-order valence-corrected chi connectivity index (χ0v) is 9.99. The second kappa shape index (κ2) is 6.14. The topological polar surface area (TPSA) is 68.4 Å². The van der Waals surface area contributed by atoms with Crippen molar-refractivity contribution in [2.24, 2.45) is 5.73 Å². The molecule has 1 unspecified atom stereocenters. The Labute approximate surface area is 106 Å². The summed E-state index contributed by atoms with van der Waals surface area (Å²) >= 11 is 0. The number of ether oxygens (including phenoxy) is 1. The smallest absolute Gasteiger partial charge is 0.137 e. The van der Waals surface area contributed by atoms with E-state index in [2.05, 4.69) is 4.98 Å². The summed E-state index contributed by atoms with van der Waals surface area (Å²) in [5.41, 5.74) is 7.52. The molecule has 18 heavy (non-hydrogen) atoms. The van der Waals surface area contributed by atoms with Crippen molar-refractivity contribution in [1.82, 2.24) is 4.98 Å². The molecule has 4 heteroatoms. The quantitative estimate of drug-likeness (QED) is 0.839. The molecule has 1 atom stereocenters. The third-order valence-corrected chi connectivity index (χ3v) is 2.65. The van der Waals surface area contributed by atoms with Gasteiger partial charge in [0.05, 0.1) is 6.61 Å². The lowest BCUT2D eigenvalue weighted by Crippen LogP contribution is -2.18. The molecule has 0 aliphatic heterocycles. The fraction of sp³-hybridized carbons (Fsp3) is 0.214. The number of aliphatic hydroxyl groups excluding tert-OH is 1. The highest BCUT2D eigenvalue weighted by molar-refractivity contribution is 5.28. The van der Waals surface area contributed by atoms with Crippen LogP contribution in [0.25, 0.3) is 0 Å². The fourth-order valence-electron chi connectivity index (χ4n) is 1.66. The highest BCUT2D eigenvalue weighted by Crippen LogP contribution is 2.21. The number of benzene rings is 1. The minimum Gasteiger partial charge on any atom is -0.484 e. The van der Waals surface area contributed by atoms with Crippen LogP contribution in [-0.2, 0) is 6.61 Å². The van der Waals surface area contributed by atoms with Gasteiger partial charge < -0.3 is 15.6 Å². The van der Waals surface area contributed by atoms with E-state index in [0.29, 0.717) is 6.54 Å². The fourth-order valence-corrected chi connectivity index (χ4v) is 1.66. The summed E-state index contributed by atoms with van der Waals surface area (Å²) in [5, 5.41) is 8.97. The maximum atomic E-state index is 8.97. The van der Waals surface area contributed by atoms with Gasteiger partial charge in [0.25, 0.3) is 0 Å². The molecule has 0 fully saturated rings. The summed E-state index contributed by atoms with van der Waals surface area (Å²) < 4.78 is 5.80. The van der Waals surface area contributed by atoms with Gasteiger partial charge >= 0.3 is 0 Å². The van der Waals surface area contributed by atoms with Gasteiger partial charge in [0, 0.05) is 24.5 Å². The highest BCUT2D eigenvalue weighted by Gasteiger charge is 2.11. The molecule has 0 bridgehead atoms. The first-order valence-electron chi connectivity index (χ1n) is 5.80. The first-order chi connectivity index (χ1) is 8.83. The Morgan fingerprint density at radius 2 is 2.00 bits per heavy atom. The lowest BCUT2D eigenvalue weighted by Gasteiger charge is -2.17. The van der Waals surface area contributed by atoms with Crippen molar-refractivity contribution >= 4 is 0 Å². The maximum Gasteiger partial charge on any atom is 0.137 e. The second-order valence-electron chi connectivity index (χ2n) is 3.93. The van der Waals surface area contributed by atoms with E-state index in [9.17, 15) is 0 Å². The molecule has 1 heterocycles. The standard InChI is InChI=1S/C14H16N2O2/c15-8-14(12-2-1-7-16-9-12)18-13-5-3-11(10-17)4-6-13/h1-7,9,14,17H,8,10,15H2. The summed E-state index contributed by atoms with van der Waals surface area (Å²) in [6.07, 6.45) is 3.26. The average molecular weight is 244 g/mol. The second-order valence-corrected chi connectivity index (χ2v) is 3.93. The van der Waals surface area contributed by atoms with Gasteiger partial charge in [0.2, 0.25) is 0 Å². The van der Waals surface area contributed by atoms with Crippen molar-refractivity contribution in [3.05, 3.63) is 59.9 Å². The summed E-state index contributed by atoms with van der Waals surface area (Å²) in [7, 11) is 0. The molecule has 4 nitrogen and oxygen atoms in total. The summed E-state index contributed by atoms with van der Waals surface area (Å²) in [6, 6.07) is 11.1. The van der Waals surface area contributed by atoms with E-state index in [0.717, 1.165) is 16.9 Å². The van der Waals surface area contributed by atoms with Gasteiger partial charge in [-0.15, -0.1) is 0 Å². The van der Waals surface area contributed by atoms with Gasteiger partial charge in [-0.25, -0.2) is 0 Å². The van der Waals surface area contributed by atoms with E-state index in [4.69, 9.17) is 15.6 Å². The van der Waals surface area contributed by atoms with Gasteiger partial charge in [-0.1, -0.05) is 18.2 Å². The minimum absolute atomic E-state index is 0.0310. The third-order valence-electron chi connectivity index (χ3n) is 2.65. The minimum atomic E-state index is -0.210. The maximum absolute atomic E-state index is 8.97. The normalized spacial score (nSPS) is 12.1. The van der Waals surface area contributed by atoms with Gasteiger partial charge in [0.15, 0.2) is 0 Å². The Hall–Kier alpha value is -1.91.